The molecule has 0 bridgehead atoms. The van der Waals surface area contributed by atoms with Crippen molar-refractivity contribution in [2.75, 3.05) is 7.05 Å². The summed E-state index contributed by atoms with van der Waals surface area (Å²) in [5.41, 5.74) is 2.26. The number of nitrogens with one attached hydrogen (secondary N) is 1. The third-order valence-electron chi connectivity index (χ3n) is 5.15. The van der Waals surface area contributed by atoms with E-state index in [1.165, 1.54) is 18.5 Å². The normalized spacial score (nSPS) is 13.1. The van der Waals surface area contributed by atoms with Gasteiger partial charge in [-0.3, -0.25) is 4.79 Å². The van der Waals surface area contributed by atoms with Crippen molar-refractivity contribution in [3.63, 3.8) is 0 Å². The molecule has 9 heteroatoms. The number of carbonyl (C=O) groups excluding carboxylic acids is 1. The smallest absolute Gasteiger partial charge is 0.254 e. The van der Waals surface area contributed by atoms with Gasteiger partial charge in [-0.25, -0.2) is 22.8 Å². The van der Waals surface area contributed by atoms with Crippen molar-refractivity contribution in [3.8, 4) is 5.69 Å². The fraction of sp³-hybridized carbons (Fsp3) is 0.348. The molecule has 1 heterocycles. The molecule has 1 atom stereocenters. The average molecular weight is 456 g/mol. The zero-order valence-corrected chi connectivity index (χ0v) is 20.0. The van der Waals surface area contributed by atoms with Crippen LogP contribution < -0.4 is 4.72 Å². The fourth-order valence-electron chi connectivity index (χ4n) is 3.30. The lowest BCUT2D eigenvalue weighted by Crippen LogP contribution is -2.40. The molecule has 1 unspecified atom stereocenters. The molecule has 0 radical (unpaired) electrons. The summed E-state index contributed by atoms with van der Waals surface area (Å²) in [5.74, 6) is -0.247. The van der Waals surface area contributed by atoms with Crippen LogP contribution in [0, 0.1) is 6.92 Å². The highest BCUT2D eigenvalue weighted by atomic mass is 32.2. The molecule has 3 rings (SSSR count). The topological polar surface area (TPSA) is 97.2 Å². The van der Waals surface area contributed by atoms with E-state index < -0.39 is 15.6 Å². The number of amides is 1. The minimum atomic E-state index is -3.75. The Kier molecular flexibility index (Phi) is 6.52. The lowest BCUT2D eigenvalue weighted by Gasteiger charge is -2.26. The number of carbonyl (C=O) groups is 1. The van der Waals surface area contributed by atoms with Crippen molar-refractivity contribution >= 4 is 15.9 Å². The van der Waals surface area contributed by atoms with Gasteiger partial charge in [0.05, 0.1) is 16.6 Å². The number of nitrogens with zero attached hydrogens (tertiary/aromatic N) is 4. The molecule has 1 amide bonds. The van der Waals surface area contributed by atoms with E-state index >= 15 is 0 Å². The van der Waals surface area contributed by atoms with E-state index in [2.05, 4.69) is 14.8 Å². The number of rotatable bonds is 6. The van der Waals surface area contributed by atoms with Gasteiger partial charge in [0.25, 0.3) is 5.91 Å². The maximum Gasteiger partial charge on any atom is 0.254 e. The van der Waals surface area contributed by atoms with Gasteiger partial charge in [0.2, 0.25) is 10.0 Å². The highest BCUT2D eigenvalue weighted by Crippen LogP contribution is 2.25. The van der Waals surface area contributed by atoms with Gasteiger partial charge in [0.15, 0.2) is 0 Å². The van der Waals surface area contributed by atoms with E-state index in [1.807, 2.05) is 31.2 Å². The van der Waals surface area contributed by atoms with Crippen molar-refractivity contribution in [1.82, 2.24) is 24.4 Å². The molecular weight excluding hydrogens is 426 g/mol. The molecule has 0 aliphatic rings. The van der Waals surface area contributed by atoms with Gasteiger partial charge in [-0.1, -0.05) is 18.2 Å². The molecule has 3 aromatic rings. The zero-order valence-electron chi connectivity index (χ0n) is 19.2. The second-order valence-electron chi connectivity index (χ2n) is 8.86. The Morgan fingerprint density at radius 2 is 1.78 bits per heavy atom. The van der Waals surface area contributed by atoms with Gasteiger partial charge in [-0.15, -0.1) is 0 Å². The lowest BCUT2D eigenvalue weighted by molar-refractivity contribution is 0.0741. The summed E-state index contributed by atoms with van der Waals surface area (Å²) in [6.07, 6.45) is 3.09. The predicted molar refractivity (Wildman–Crippen MR) is 123 cm³/mol. The first-order chi connectivity index (χ1) is 14.9. The SMILES string of the molecule is Cc1ccc(S(=O)(=O)NC(C)(C)C)cc1C(=O)N(C)C(C)c1ccc(-n2cncn2)cc1. The third kappa shape index (κ3) is 5.23. The predicted octanol–water partition coefficient (Wildman–Crippen LogP) is 3.49. The van der Waals surface area contributed by atoms with Crippen LogP contribution in [0.4, 0.5) is 0 Å². The Balaban J connectivity index is 1.85. The summed E-state index contributed by atoms with van der Waals surface area (Å²) in [7, 11) is -2.03. The Morgan fingerprint density at radius 3 is 2.34 bits per heavy atom. The van der Waals surface area contributed by atoms with Crippen molar-refractivity contribution in [1.29, 1.82) is 0 Å². The minimum Gasteiger partial charge on any atom is -0.335 e. The van der Waals surface area contributed by atoms with Crippen molar-refractivity contribution in [2.45, 2.75) is 51.1 Å². The van der Waals surface area contributed by atoms with E-state index in [9.17, 15) is 13.2 Å². The van der Waals surface area contributed by atoms with Crippen LogP contribution in [0.2, 0.25) is 0 Å². The molecule has 0 aliphatic heterocycles. The Morgan fingerprint density at radius 1 is 1.12 bits per heavy atom. The van der Waals surface area contributed by atoms with E-state index in [4.69, 9.17) is 0 Å². The molecular formula is C23H29N5O3S. The van der Waals surface area contributed by atoms with Crippen molar-refractivity contribution < 1.29 is 13.2 Å². The summed E-state index contributed by atoms with van der Waals surface area (Å²) in [5, 5.41) is 4.11. The molecule has 0 saturated heterocycles. The highest BCUT2D eigenvalue weighted by Gasteiger charge is 2.25. The second kappa shape index (κ2) is 8.84. The van der Waals surface area contributed by atoms with Crippen LogP contribution in [-0.2, 0) is 10.0 Å². The van der Waals surface area contributed by atoms with Crippen LogP contribution in [0.5, 0.6) is 0 Å². The number of benzene rings is 2. The van der Waals surface area contributed by atoms with Gasteiger partial charge < -0.3 is 4.90 Å². The first-order valence-corrected chi connectivity index (χ1v) is 11.7. The summed E-state index contributed by atoms with van der Waals surface area (Å²) in [6.45, 7) is 9.04. The Bertz CT molecular complexity index is 1200. The van der Waals surface area contributed by atoms with Gasteiger partial charge >= 0.3 is 0 Å². The molecule has 32 heavy (non-hydrogen) atoms. The van der Waals surface area contributed by atoms with Crippen molar-refractivity contribution in [2.24, 2.45) is 0 Å². The summed E-state index contributed by atoms with van der Waals surface area (Å²) in [4.78, 5) is 18.9. The molecule has 2 aromatic carbocycles. The Labute approximate surface area is 189 Å². The van der Waals surface area contributed by atoms with Crippen LogP contribution in [0.25, 0.3) is 5.69 Å². The maximum absolute atomic E-state index is 13.3. The van der Waals surface area contributed by atoms with E-state index in [-0.39, 0.29) is 16.8 Å². The van der Waals surface area contributed by atoms with Crippen LogP contribution in [-0.4, -0.2) is 46.6 Å². The summed E-state index contributed by atoms with van der Waals surface area (Å²) >= 11 is 0. The molecule has 1 aromatic heterocycles. The van der Waals surface area contributed by atoms with Gasteiger partial charge in [-0.05, 0) is 70.0 Å². The van der Waals surface area contributed by atoms with Crippen LogP contribution in [0.15, 0.2) is 60.0 Å². The lowest BCUT2D eigenvalue weighted by atomic mass is 10.0. The molecule has 1 N–H and O–H groups in total. The molecule has 8 nitrogen and oxygen atoms in total. The molecule has 0 spiro atoms. The van der Waals surface area contributed by atoms with E-state index in [1.54, 1.807) is 56.7 Å². The molecule has 0 saturated carbocycles. The van der Waals surface area contributed by atoms with Gasteiger partial charge in [-0.2, -0.15) is 5.10 Å². The number of hydrogen-bond donors (Lipinski definition) is 1. The molecule has 0 fully saturated rings. The second-order valence-corrected chi connectivity index (χ2v) is 10.5. The number of sulfonamides is 1. The Hall–Kier alpha value is -3.04. The van der Waals surface area contributed by atoms with Gasteiger partial charge in [0.1, 0.15) is 12.7 Å². The fourth-order valence-corrected chi connectivity index (χ4v) is 4.74. The largest absolute Gasteiger partial charge is 0.335 e. The van der Waals surface area contributed by atoms with E-state index in [0.717, 1.165) is 11.3 Å². The minimum absolute atomic E-state index is 0.0691. The summed E-state index contributed by atoms with van der Waals surface area (Å²) < 4.78 is 29.8. The highest BCUT2D eigenvalue weighted by molar-refractivity contribution is 7.89. The maximum atomic E-state index is 13.3. The molecule has 0 aliphatic carbocycles. The summed E-state index contributed by atoms with van der Waals surface area (Å²) in [6, 6.07) is 12.1. The number of hydrogen-bond acceptors (Lipinski definition) is 5. The quantitative estimate of drug-likeness (QED) is 0.614. The number of aryl methyl sites for hydroxylation is 1. The molecule has 170 valence electrons. The first kappa shape index (κ1) is 23.6. The van der Waals surface area contributed by atoms with Gasteiger partial charge in [0, 0.05) is 18.2 Å². The monoisotopic (exact) mass is 455 g/mol. The standard InChI is InChI=1S/C23H29N5O3S/c1-16-7-12-20(32(30,31)26-23(3,4)5)13-21(16)22(29)27(6)17(2)18-8-10-19(11-9-18)28-15-24-14-25-28/h7-15,17,26H,1-6H3. The van der Waals surface area contributed by atoms with Crippen molar-refractivity contribution in [3.05, 3.63) is 71.8 Å². The van der Waals surface area contributed by atoms with E-state index in [0.29, 0.717) is 11.1 Å². The average Bonchev–Trinajstić information content (AvgIpc) is 3.25. The number of aromatic nitrogens is 3. The van der Waals surface area contributed by atoms with Crippen LogP contribution >= 0.6 is 0 Å². The third-order valence-corrected chi connectivity index (χ3v) is 6.91. The van der Waals surface area contributed by atoms with Crippen LogP contribution in [0.3, 0.4) is 0 Å². The van der Waals surface area contributed by atoms with Crippen LogP contribution in [0.1, 0.15) is 55.2 Å². The zero-order chi connectivity index (χ0) is 23.7. The first-order valence-electron chi connectivity index (χ1n) is 10.3.